The average molecular weight is 681 g/mol. The number of hydrogen-bond acceptors (Lipinski definition) is 5. The first kappa shape index (κ1) is 33.3. The molecule has 0 radical (unpaired) electrons. The number of nitrogens with zero attached hydrogens (tertiary/aromatic N) is 2. The highest BCUT2D eigenvalue weighted by molar-refractivity contribution is 7.92. The first-order valence-electron chi connectivity index (χ1n) is 15.1. The molecule has 8 nitrogen and oxygen atoms in total. The molecule has 2 amide bonds. The number of carbonyl (C=O) groups is 2. The first-order chi connectivity index (χ1) is 22.1. The van der Waals surface area contributed by atoms with Crippen molar-refractivity contribution in [3.8, 4) is 11.5 Å². The molecule has 0 spiro atoms. The maximum absolute atomic E-state index is 14.3. The van der Waals surface area contributed by atoms with Gasteiger partial charge in [0.05, 0.1) is 10.6 Å². The molecule has 0 unspecified atom stereocenters. The third kappa shape index (κ3) is 8.02. The standard InChI is InChI=1S/C35H35Cl2N3O5S/c1-25(35(42)38-26-11-8-9-12-26)39(23-31-32(36)17-10-18-33(31)37)34(41)24-40(46(43,44)30-15-6-3-7-16-30)27-19-21-29(22-20-27)45-28-13-4-2-5-14-28/h2-7,10,13-22,25-26H,8-9,11-12,23-24H2,1H3,(H,38,42)/t25-/m0/s1. The Morgan fingerprint density at radius 3 is 2.00 bits per heavy atom. The maximum atomic E-state index is 14.3. The van der Waals surface area contributed by atoms with Crippen molar-refractivity contribution in [1.29, 1.82) is 0 Å². The van der Waals surface area contributed by atoms with E-state index >= 15 is 0 Å². The normalized spacial score (nSPS) is 14.0. The molecule has 4 aromatic carbocycles. The van der Waals surface area contributed by atoms with Gasteiger partial charge >= 0.3 is 0 Å². The lowest BCUT2D eigenvalue weighted by atomic mass is 10.1. The zero-order chi connectivity index (χ0) is 32.7. The minimum absolute atomic E-state index is 0.0140. The van der Waals surface area contributed by atoms with Crippen LogP contribution < -0.4 is 14.4 Å². The largest absolute Gasteiger partial charge is 0.457 e. The van der Waals surface area contributed by atoms with E-state index in [1.807, 2.05) is 30.3 Å². The molecular weight excluding hydrogens is 645 g/mol. The fraction of sp³-hybridized carbons (Fsp3) is 0.257. The topological polar surface area (TPSA) is 96.0 Å². The Bertz CT molecular complexity index is 1730. The van der Waals surface area contributed by atoms with Crippen LogP contribution in [-0.4, -0.2) is 43.8 Å². The van der Waals surface area contributed by atoms with Gasteiger partial charge in [-0.3, -0.25) is 13.9 Å². The van der Waals surface area contributed by atoms with Crippen molar-refractivity contribution < 1.29 is 22.7 Å². The van der Waals surface area contributed by atoms with E-state index < -0.39 is 28.5 Å². The summed E-state index contributed by atoms with van der Waals surface area (Å²) in [5, 5.41) is 3.71. The van der Waals surface area contributed by atoms with Crippen molar-refractivity contribution in [2.45, 2.75) is 56.1 Å². The summed E-state index contributed by atoms with van der Waals surface area (Å²) in [5.41, 5.74) is 0.705. The lowest BCUT2D eigenvalue weighted by molar-refractivity contribution is -0.139. The van der Waals surface area contributed by atoms with Crippen molar-refractivity contribution in [1.82, 2.24) is 10.2 Å². The quantitative estimate of drug-likeness (QED) is 0.168. The first-order valence-corrected chi connectivity index (χ1v) is 17.3. The number of para-hydroxylation sites is 1. The molecule has 0 saturated heterocycles. The fourth-order valence-electron chi connectivity index (χ4n) is 5.38. The molecule has 1 atom stereocenters. The Hall–Kier alpha value is -4.05. The van der Waals surface area contributed by atoms with E-state index in [9.17, 15) is 18.0 Å². The van der Waals surface area contributed by atoms with Crippen molar-refractivity contribution >= 4 is 50.7 Å². The summed E-state index contributed by atoms with van der Waals surface area (Å²) < 4.78 is 35.1. The molecule has 0 bridgehead atoms. The van der Waals surface area contributed by atoms with Crippen LogP contribution in [0.2, 0.25) is 10.0 Å². The Morgan fingerprint density at radius 1 is 0.826 bits per heavy atom. The number of benzene rings is 4. The Balaban J connectivity index is 1.48. The minimum Gasteiger partial charge on any atom is -0.457 e. The molecule has 1 fully saturated rings. The Morgan fingerprint density at radius 2 is 1.39 bits per heavy atom. The number of rotatable bonds is 12. The fourth-order valence-corrected chi connectivity index (χ4v) is 7.33. The van der Waals surface area contributed by atoms with Crippen LogP contribution in [0.1, 0.15) is 38.2 Å². The number of halogens is 2. The maximum Gasteiger partial charge on any atom is 0.264 e. The van der Waals surface area contributed by atoms with Crippen LogP contribution in [0.3, 0.4) is 0 Å². The van der Waals surface area contributed by atoms with Gasteiger partial charge in [0, 0.05) is 28.2 Å². The summed E-state index contributed by atoms with van der Waals surface area (Å²) in [5.74, 6) is 0.181. The smallest absolute Gasteiger partial charge is 0.264 e. The van der Waals surface area contributed by atoms with E-state index in [-0.39, 0.29) is 29.1 Å². The van der Waals surface area contributed by atoms with Gasteiger partial charge in [-0.15, -0.1) is 0 Å². The summed E-state index contributed by atoms with van der Waals surface area (Å²) in [6.07, 6.45) is 3.79. The van der Waals surface area contributed by atoms with E-state index in [0.717, 1.165) is 30.0 Å². The lowest BCUT2D eigenvalue weighted by Crippen LogP contribution is -2.52. The third-order valence-corrected chi connectivity index (χ3v) is 10.5. The SMILES string of the molecule is C[C@@H](C(=O)NC1CCCC1)N(Cc1c(Cl)cccc1Cl)C(=O)CN(c1ccc(Oc2ccccc2)cc1)S(=O)(=O)c1ccccc1. The summed E-state index contributed by atoms with van der Waals surface area (Å²) in [4.78, 5) is 29.0. The minimum atomic E-state index is -4.22. The van der Waals surface area contributed by atoms with Crippen molar-refractivity contribution in [2.75, 3.05) is 10.8 Å². The van der Waals surface area contributed by atoms with Gasteiger partial charge in [0.15, 0.2) is 0 Å². The number of anilines is 1. The summed E-state index contributed by atoms with van der Waals surface area (Å²) in [7, 11) is -4.22. The van der Waals surface area contributed by atoms with Crippen LogP contribution in [0.5, 0.6) is 11.5 Å². The highest BCUT2D eigenvalue weighted by atomic mass is 35.5. The van der Waals surface area contributed by atoms with E-state index in [4.69, 9.17) is 27.9 Å². The van der Waals surface area contributed by atoms with Crippen LogP contribution in [0.4, 0.5) is 5.69 Å². The van der Waals surface area contributed by atoms with Gasteiger partial charge in [0.1, 0.15) is 24.1 Å². The van der Waals surface area contributed by atoms with Crippen LogP contribution in [0.15, 0.2) is 108 Å². The van der Waals surface area contributed by atoms with Gasteiger partial charge < -0.3 is 15.0 Å². The molecule has 11 heteroatoms. The second-order valence-corrected chi connectivity index (χ2v) is 13.8. The van der Waals surface area contributed by atoms with Gasteiger partial charge in [-0.1, -0.05) is 78.5 Å². The van der Waals surface area contributed by atoms with Gasteiger partial charge in [0.25, 0.3) is 10.0 Å². The van der Waals surface area contributed by atoms with Crippen molar-refractivity contribution in [3.05, 3.63) is 119 Å². The summed E-state index contributed by atoms with van der Waals surface area (Å²) in [6, 6.07) is 27.6. The number of hydrogen-bond donors (Lipinski definition) is 1. The molecule has 46 heavy (non-hydrogen) atoms. The van der Waals surface area contributed by atoms with Gasteiger partial charge in [-0.25, -0.2) is 8.42 Å². The van der Waals surface area contributed by atoms with Crippen LogP contribution in [-0.2, 0) is 26.2 Å². The highest BCUT2D eigenvalue weighted by Crippen LogP contribution is 2.30. The molecule has 0 heterocycles. The number of ether oxygens (including phenoxy) is 1. The molecule has 5 rings (SSSR count). The van der Waals surface area contributed by atoms with Gasteiger partial charge in [-0.05, 0) is 80.4 Å². The van der Waals surface area contributed by atoms with Crippen LogP contribution >= 0.6 is 23.2 Å². The lowest BCUT2D eigenvalue weighted by Gasteiger charge is -2.33. The zero-order valence-electron chi connectivity index (χ0n) is 25.3. The average Bonchev–Trinajstić information content (AvgIpc) is 3.57. The molecule has 1 N–H and O–H groups in total. The molecule has 240 valence electrons. The van der Waals surface area contributed by atoms with Crippen LogP contribution in [0, 0.1) is 0 Å². The molecule has 4 aromatic rings. The Kier molecular flexibility index (Phi) is 10.9. The number of amides is 2. The Labute approximate surface area is 279 Å². The summed E-state index contributed by atoms with van der Waals surface area (Å²) in [6.45, 7) is 0.942. The molecule has 1 aliphatic carbocycles. The van der Waals surface area contributed by atoms with E-state index in [0.29, 0.717) is 27.1 Å². The number of sulfonamides is 1. The van der Waals surface area contributed by atoms with E-state index in [2.05, 4.69) is 5.32 Å². The monoisotopic (exact) mass is 679 g/mol. The van der Waals surface area contributed by atoms with E-state index in [1.165, 1.54) is 17.0 Å². The number of nitrogens with one attached hydrogen (secondary N) is 1. The predicted molar refractivity (Wildman–Crippen MR) is 181 cm³/mol. The molecule has 1 saturated carbocycles. The highest BCUT2D eigenvalue weighted by Gasteiger charge is 2.34. The molecular formula is C35H35Cl2N3O5S. The predicted octanol–water partition coefficient (Wildman–Crippen LogP) is 7.46. The van der Waals surface area contributed by atoms with Crippen molar-refractivity contribution in [3.63, 3.8) is 0 Å². The second kappa shape index (κ2) is 15.0. The van der Waals surface area contributed by atoms with Crippen molar-refractivity contribution in [2.24, 2.45) is 0 Å². The molecule has 0 aliphatic heterocycles. The second-order valence-electron chi connectivity index (χ2n) is 11.1. The van der Waals surface area contributed by atoms with Crippen LogP contribution in [0.25, 0.3) is 0 Å². The molecule has 1 aliphatic rings. The summed E-state index contributed by atoms with van der Waals surface area (Å²) >= 11 is 13.0. The molecule has 0 aromatic heterocycles. The van der Waals surface area contributed by atoms with Gasteiger partial charge in [-0.2, -0.15) is 0 Å². The van der Waals surface area contributed by atoms with E-state index in [1.54, 1.807) is 67.6 Å². The number of carbonyl (C=O) groups excluding carboxylic acids is 2. The zero-order valence-corrected chi connectivity index (χ0v) is 27.6. The third-order valence-electron chi connectivity index (χ3n) is 7.97. The van der Waals surface area contributed by atoms with Gasteiger partial charge in [0.2, 0.25) is 11.8 Å².